The van der Waals surface area contributed by atoms with Crippen LogP contribution in [0.1, 0.15) is 24.3 Å². The number of nitrogens with zero attached hydrogens (tertiary/aromatic N) is 3. The van der Waals surface area contributed by atoms with E-state index in [1.54, 1.807) is 34.6 Å². The second-order valence-corrected chi connectivity index (χ2v) is 7.34. The molecule has 1 unspecified atom stereocenters. The van der Waals surface area contributed by atoms with E-state index in [1.807, 2.05) is 18.2 Å². The van der Waals surface area contributed by atoms with Crippen LogP contribution in [0, 0.1) is 0 Å². The number of fused-ring (bicyclic) bond motifs is 1. The highest BCUT2D eigenvalue weighted by Crippen LogP contribution is 2.45. The Labute approximate surface area is 176 Å². The Hall–Kier alpha value is -3.22. The first-order chi connectivity index (χ1) is 14.7. The monoisotopic (exact) mass is 409 g/mol. The Morgan fingerprint density at radius 2 is 1.77 bits per heavy atom. The zero-order chi connectivity index (χ0) is 21.1. The minimum Gasteiger partial charge on any atom is -0.497 e. The van der Waals surface area contributed by atoms with Gasteiger partial charge in [-0.3, -0.25) is 0 Å². The van der Waals surface area contributed by atoms with Gasteiger partial charge in [-0.25, -0.2) is 0 Å². The van der Waals surface area contributed by atoms with Crippen molar-refractivity contribution in [2.24, 2.45) is 0 Å². The third-order valence-electron chi connectivity index (χ3n) is 5.73. The summed E-state index contributed by atoms with van der Waals surface area (Å²) in [5, 5.41) is 10.5. The summed E-state index contributed by atoms with van der Waals surface area (Å²) in [6.45, 7) is 1.78. The van der Waals surface area contributed by atoms with Gasteiger partial charge in [-0.1, -0.05) is 12.1 Å². The zero-order valence-corrected chi connectivity index (χ0v) is 17.8. The summed E-state index contributed by atoms with van der Waals surface area (Å²) in [7, 11) is 6.55. The molecule has 158 valence electrons. The molecule has 0 aliphatic carbocycles. The topological polar surface area (TPSA) is 65.9 Å². The molecule has 0 radical (unpaired) electrons. The fourth-order valence-corrected chi connectivity index (χ4v) is 4.26. The summed E-state index contributed by atoms with van der Waals surface area (Å²) in [6, 6.07) is 10.3. The molecule has 0 N–H and O–H groups in total. The lowest BCUT2D eigenvalue weighted by Gasteiger charge is -2.34. The van der Waals surface area contributed by atoms with Gasteiger partial charge in [-0.05, 0) is 36.6 Å². The Kier molecular flexibility index (Phi) is 5.79. The molecule has 7 heteroatoms. The van der Waals surface area contributed by atoms with Gasteiger partial charge in [0.25, 0.3) is 0 Å². The van der Waals surface area contributed by atoms with E-state index < -0.39 is 0 Å². The molecule has 1 saturated heterocycles. The van der Waals surface area contributed by atoms with Crippen LogP contribution in [0.3, 0.4) is 0 Å². The van der Waals surface area contributed by atoms with Crippen LogP contribution in [0.15, 0.2) is 36.5 Å². The molecule has 2 aromatic carbocycles. The van der Waals surface area contributed by atoms with Crippen LogP contribution >= 0.6 is 0 Å². The molecule has 2 heterocycles. The number of benzene rings is 2. The van der Waals surface area contributed by atoms with Crippen LogP contribution in [-0.2, 0) is 0 Å². The number of methoxy groups -OCH3 is 4. The van der Waals surface area contributed by atoms with Crippen molar-refractivity contribution in [1.29, 1.82) is 0 Å². The fraction of sp³-hybridized carbons (Fsp3) is 0.391. The normalized spacial score (nSPS) is 16.4. The number of anilines is 1. The molecule has 1 aliphatic rings. The molecule has 1 aromatic heterocycles. The average molecular weight is 409 g/mol. The minimum absolute atomic E-state index is 0.396. The number of aromatic nitrogens is 2. The van der Waals surface area contributed by atoms with Crippen molar-refractivity contribution in [3.05, 3.63) is 42.1 Å². The van der Waals surface area contributed by atoms with Crippen LogP contribution in [0.2, 0.25) is 0 Å². The first-order valence-corrected chi connectivity index (χ1v) is 10.0. The molecule has 0 saturated carbocycles. The van der Waals surface area contributed by atoms with Crippen molar-refractivity contribution in [1.82, 2.24) is 10.2 Å². The summed E-state index contributed by atoms with van der Waals surface area (Å²) in [5.41, 5.74) is 1.28. The van der Waals surface area contributed by atoms with Crippen LogP contribution in [0.4, 0.5) is 5.82 Å². The molecular formula is C23H27N3O4. The number of piperidine rings is 1. The highest BCUT2D eigenvalue weighted by atomic mass is 16.5. The van der Waals surface area contributed by atoms with Crippen LogP contribution < -0.4 is 23.8 Å². The number of rotatable bonds is 6. The van der Waals surface area contributed by atoms with E-state index in [0.717, 1.165) is 48.3 Å². The molecule has 0 spiro atoms. The second-order valence-electron chi connectivity index (χ2n) is 7.34. The van der Waals surface area contributed by atoms with Crippen molar-refractivity contribution >= 4 is 16.6 Å². The van der Waals surface area contributed by atoms with Gasteiger partial charge in [0, 0.05) is 24.4 Å². The summed E-state index contributed by atoms with van der Waals surface area (Å²) in [4.78, 5) is 2.30. The summed E-state index contributed by atoms with van der Waals surface area (Å²) in [5.74, 6) is 3.88. The minimum atomic E-state index is 0.396. The van der Waals surface area contributed by atoms with E-state index in [0.29, 0.717) is 23.2 Å². The van der Waals surface area contributed by atoms with E-state index in [-0.39, 0.29) is 0 Å². The summed E-state index contributed by atoms with van der Waals surface area (Å²) in [6.07, 6.45) is 3.91. The molecule has 3 aromatic rings. The average Bonchev–Trinajstić information content (AvgIpc) is 2.82. The molecule has 0 amide bonds. The van der Waals surface area contributed by atoms with Gasteiger partial charge in [0.2, 0.25) is 5.75 Å². The van der Waals surface area contributed by atoms with E-state index in [2.05, 4.69) is 27.2 Å². The van der Waals surface area contributed by atoms with Crippen LogP contribution in [-0.4, -0.2) is 51.7 Å². The third kappa shape index (κ3) is 3.56. The number of ether oxygens (including phenoxy) is 4. The molecule has 30 heavy (non-hydrogen) atoms. The molecule has 7 nitrogen and oxygen atoms in total. The molecule has 1 atom stereocenters. The van der Waals surface area contributed by atoms with Gasteiger partial charge in [0.05, 0.1) is 40.0 Å². The Balaban J connectivity index is 1.75. The Morgan fingerprint density at radius 3 is 2.50 bits per heavy atom. The van der Waals surface area contributed by atoms with Crippen molar-refractivity contribution in [2.45, 2.75) is 18.8 Å². The molecule has 0 bridgehead atoms. The van der Waals surface area contributed by atoms with Gasteiger partial charge in [-0.15, -0.1) is 5.10 Å². The first kappa shape index (κ1) is 20.1. The van der Waals surface area contributed by atoms with Crippen molar-refractivity contribution in [3.8, 4) is 23.0 Å². The van der Waals surface area contributed by atoms with Gasteiger partial charge in [-0.2, -0.15) is 5.10 Å². The quantitative estimate of drug-likeness (QED) is 0.608. The zero-order valence-electron chi connectivity index (χ0n) is 17.8. The van der Waals surface area contributed by atoms with Crippen LogP contribution in [0.25, 0.3) is 10.8 Å². The maximum absolute atomic E-state index is 5.65. The molecule has 1 aliphatic heterocycles. The maximum atomic E-state index is 5.65. The van der Waals surface area contributed by atoms with E-state index in [9.17, 15) is 0 Å². The van der Waals surface area contributed by atoms with Crippen LogP contribution in [0.5, 0.6) is 23.0 Å². The molecule has 1 fully saturated rings. The Bertz CT molecular complexity index is 1040. The van der Waals surface area contributed by atoms with Gasteiger partial charge in [0.1, 0.15) is 5.75 Å². The van der Waals surface area contributed by atoms with Gasteiger partial charge in [0.15, 0.2) is 17.3 Å². The highest BCUT2D eigenvalue weighted by Gasteiger charge is 2.26. The largest absolute Gasteiger partial charge is 0.497 e. The second kappa shape index (κ2) is 8.65. The van der Waals surface area contributed by atoms with Crippen molar-refractivity contribution in [2.75, 3.05) is 46.4 Å². The summed E-state index contributed by atoms with van der Waals surface area (Å²) >= 11 is 0. The van der Waals surface area contributed by atoms with Crippen molar-refractivity contribution in [3.63, 3.8) is 0 Å². The van der Waals surface area contributed by atoms with Crippen molar-refractivity contribution < 1.29 is 18.9 Å². The predicted octanol–water partition coefficient (Wildman–Crippen LogP) is 4.05. The predicted molar refractivity (Wildman–Crippen MR) is 116 cm³/mol. The lowest BCUT2D eigenvalue weighted by Crippen LogP contribution is -2.35. The third-order valence-corrected chi connectivity index (χ3v) is 5.73. The fourth-order valence-electron chi connectivity index (χ4n) is 4.26. The number of hydrogen-bond donors (Lipinski definition) is 0. The Morgan fingerprint density at radius 1 is 0.933 bits per heavy atom. The lowest BCUT2D eigenvalue weighted by atomic mass is 9.90. The van der Waals surface area contributed by atoms with E-state index in [1.165, 1.54) is 5.56 Å². The lowest BCUT2D eigenvalue weighted by molar-refractivity contribution is 0.327. The SMILES string of the molecule is COc1cccc(C2CCCN(c3nncc4c(OC)c(OC)c(OC)cc34)C2)c1. The molecular weight excluding hydrogens is 382 g/mol. The van der Waals surface area contributed by atoms with E-state index >= 15 is 0 Å². The highest BCUT2D eigenvalue weighted by molar-refractivity contribution is 5.99. The number of hydrogen-bond acceptors (Lipinski definition) is 7. The standard InChI is InChI=1S/C23H27N3O4/c1-27-17-9-5-7-15(11-17)16-8-6-10-26(14-16)23-18-12-20(28-2)22(30-4)21(29-3)19(18)13-24-25-23/h5,7,9,11-13,16H,6,8,10,14H2,1-4H3. The summed E-state index contributed by atoms with van der Waals surface area (Å²) < 4.78 is 22.1. The van der Waals surface area contributed by atoms with Gasteiger partial charge >= 0.3 is 0 Å². The van der Waals surface area contributed by atoms with Gasteiger partial charge < -0.3 is 23.8 Å². The van der Waals surface area contributed by atoms with E-state index in [4.69, 9.17) is 18.9 Å². The smallest absolute Gasteiger partial charge is 0.204 e. The molecule has 4 rings (SSSR count). The maximum Gasteiger partial charge on any atom is 0.204 e. The first-order valence-electron chi connectivity index (χ1n) is 10.0.